The summed E-state index contributed by atoms with van der Waals surface area (Å²) in [6.45, 7) is 21.6. The van der Waals surface area contributed by atoms with E-state index in [1.165, 1.54) is 53.6 Å². The van der Waals surface area contributed by atoms with Crippen molar-refractivity contribution in [3.05, 3.63) is 230 Å². The minimum Gasteiger partial charge on any atom is -0.296 e. The number of hydrogen-bond donors (Lipinski definition) is 0. The predicted octanol–water partition coefficient (Wildman–Crippen LogP) is 16.0. The quantitative estimate of drug-likeness (QED) is 0.0631. The second-order valence-corrected chi connectivity index (χ2v) is 15.6. The summed E-state index contributed by atoms with van der Waals surface area (Å²) in [5, 5.41) is 2.59. The van der Waals surface area contributed by atoms with Gasteiger partial charge in [-0.1, -0.05) is 190 Å². The zero-order valence-electron chi connectivity index (χ0n) is 35.2. The Balaban J connectivity index is 0.000000579. The number of thiophene rings is 1. The van der Waals surface area contributed by atoms with Crippen molar-refractivity contribution in [3.63, 3.8) is 0 Å². The number of aliphatic imine (C=N–C) groups is 3. The van der Waals surface area contributed by atoms with Crippen LogP contribution in [0.15, 0.2) is 222 Å². The minimum absolute atomic E-state index is 0.512. The highest BCUT2D eigenvalue weighted by molar-refractivity contribution is 7.26. The van der Waals surface area contributed by atoms with Gasteiger partial charge in [0.1, 0.15) is 0 Å². The third-order valence-corrected chi connectivity index (χ3v) is 11.8. The van der Waals surface area contributed by atoms with Crippen molar-refractivity contribution >= 4 is 62.9 Å². The summed E-state index contributed by atoms with van der Waals surface area (Å²) in [5.74, 6) is 0.641. The second kappa shape index (κ2) is 20.6. The Kier molecular flexibility index (Phi) is 14.2. The lowest BCUT2D eigenvalue weighted by Gasteiger charge is -2.11. The van der Waals surface area contributed by atoms with Gasteiger partial charge in [0.2, 0.25) is 0 Å². The summed E-state index contributed by atoms with van der Waals surface area (Å²) in [6, 6.07) is 56.2. The second-order valence-electron chi connectivity index (χ2n) is 14.6. The van der Waals surface area contributed by atoms with E-state index in [4.69, 9.17) is 4.99 Å². The van der Waals surface area contributed by atoms with Crippen LogP contribution in [0, 0.1) is 0 Å². The molecule has 3 nitrogen and oxygen atoms in total. The summed E-state index contributed by atoms with van der Waals surface area (Å²) in [4.78, 5) is 12.8. The van der Waals surface area contributed by atoms with Gasteiger partial charge in [0.05, 0.1) is 13.1 Å². The lowest BCUT2D eigenvalue weighted by Crippen LogP contribution is -1.98. The standard InChI is InChI=1S/C50H38N2S.C8H11N/c1-4-13-45-35(5-2)28-29-46-48-44(22-12-23-47(48)53-49(45)46)43-21-11-20-42(32-43)41-19-10-18-40(31-41)39-17-9-14-34(30-39)33-52-50(51-3)38-26-24-37(25-27-38)36-15-7-6-8-16-36;1-4-6-8(5-2)7-9-3/h4-32H,2-3,33H2,1H3;4-6H,1-3,7H2/b13-4-,52-50?;8-6+. The Morgan fingerprint density at radius 3 is 1.90 bits per heavy atom. The van der Waals surface area contributed by atoms with Gasteiger partial charge in [-0.2, -0.15) is 0 Å². The number of hydrogen-bond acceptors (Lipinski definition) is 3. The molecule has 0 fully saturated rings. The molecule has 0 aliphatic heterocycles. The van der Waals surface area contributed by atoms with Crippen molar-refractivity contribution in [1.82, 2.24) is 0 Å². The molecule has 0 atom stereocenters. The Bertz CT molecular complexity index is 3000. The maximum atomic E-state index is 4.86. The molecule has 62 heavy (non-hydrogen) atoms. The first-order chi connectivity index (χ1) is 30.5. The third kappa shape index (κ3) is 9.74. The van der Waals surface area contributed by atoms with Crippen molar-refractivity contribution in [3.8, 4) is 44.5 Å². The first-order valence-corrected chi connectivity index (χ1v) is 21.4. The van der Waals surface area contributed by atoms with Gasteiger partial charge >= 0.3 is 0 Å². The zero-order chi connectivity index (χ0) is 43.3. The molecule has 7 aromatic carbocycles. The van der Waals surface area contributed by atoms with E-state index in [1.807, 2.05) is 29.6 Å². The van der Waals surface area contributed by atoms with E-state index >= 15 is 0 Å². The van der Waals surface area contributed by atoms with Crippen molar-refractivity contribution in [2.24, 2.45) is 15.0 Å². The smallest absolute Gasteiger partial charge is 0.154 e. The van der Waals surface area contributed by atoms with Crippen molar-refractivity contribution < 1.29 is 0 Å². The fourth-order valence-electron chi connectivity index (χ4n) is 7.58. The van der Waals surface area contributed by atoms with Gasteiger partial charge in [0.25, 0.3) is 0 Å². The lowest BCUT2D eigenvalue weighted by molar-refractivity contribution is 1.06. The number of benzene rings is 7. The monoisotopic (exact) mass is 819 g/mol. The van der Waals surface area contributed by atoms with E-state index in [0.29, 0.717) is 18.9 Å². The summed E-state index contributed by atoms with van der Waals surface area (Å²) in [7, 11) is 0. The molecule has 4 heteroatoms. The van der Waals surface area contributed by atoms with Gasteiger partial charge in [-0.3, -0.25) is 9.98 Å². The van der Waals surface area contributed by atoms with Gasteiger partial charge < -0.3 is 0 Å². The minimum atomic E-state index is 0.512. The molecule has 8 aromatic rings. The fourth-order valence-corrected chi connectivity index (χ4v) is 8.85. The molecule has 0 saturated carbocycles. The SMILES string of the molecule is C=C/C=C(\C=C)CN=C.C=Cc1ccc2c(sc3cccc(-c4cccc(-c5cccc(-c6cccc(CN=C(N=C)c7ccc(-c8ccccc8)cc7)c6)c5)c4)c32)c1/C=C\C. The Morgan fingerprint density at radius 1 is 0.629 bits per heavy atom. The molecule has 0 radical (unpaired) electrons. The molecule has 0 saturated heterocycles. The number of rotatable bonds is 13. The normalized spacial score (nSPS) is 11.6. The molecule has 8 rings (SSSR count). The van der Waals surface area contributed by atoms with Crippen LogP contribution in [0.25, 0.3) is 76.8 Å². The number of amidine groups is 1. The molecule has 0 amide bonds. The van der Waals surface area contributed by atoms with Crippen molar-refractivity contribution in [2.75, 3.05) is 6.54 Å². The Hall–Kier alpha value is -7.53. The molecule has 0 N–H and O–H groups in total. The number of nitrogens with zero attached hydrogens (tertiary/aromatic N) is 3. The first-order valence-electron chi connectivity index (χ1n) is 20.6. The van der Waals surface area contributed by atoms with Crippen LogP contribution in [-0.4, -0.2) is 25.8 Å². The maximum Gasteiger partial charge on any atom is 0.154 e. The van der Waals surface area contributed by atoms with Gasteiger partial charge in [-0.05, 0) is 111 Å². The summed E-state index contributed by atoms with van der Waals surface area (Å²) in [5.41, 5.74) is 15.0. The van der Waals surface area contributed by atoms with Crippen LogP contribution in [0.2, 0.25) is 0 Å². The summed E-state index contributed by atoms with van der Waals surface area (Å²) in [6.07, 6.45) is 11.6. The van der Waals surface area contributed by atoms with Crippen LogP contribution in [-0.2, 0) is 6.54 Å². The van der Waals surface area contributed by atoms with E-state index < -0.39 is 0 Å². The first kappa shape index (κ1) is 42.6. The highest BCUT2D eigenvalue weighted by Crippen LogP contribution is 2.43. The van der Waals surface area contributed by atoms with Crippen molar-refractivity contribution in [1.29, 1.82) is 0 Å². The van der Waals surface area contributed by atoms with Gasteiger partial charge in [-0.15, -0.1) is 11.3 Å². The van der Waals surface area contributed by atoms with Crippen LogP contribution in [0.5, 0.6) is 0 Å². The highest BCUT2D eigenvalue weighted by atomic mass is 32.1. The molecule has 0 bridgehead atoms. The number of fused-ring (bicyclic) bond motifs is 3. The lowest BCUT2D eigenvalue weighted by atomic mass is 9.93. The van der Waals surface area contributed by atoms with E-state index in [0.717, 1.165) is 39.0 Å². The molecule has 0 unspecified atom stereocenters. The average molecular weight is 820 g/mol. The topological polar surface area (TPSA) is 37.1 Å². The van der Waals surface area contributed by atoms with Crippen LogP contribution >= 0.6 is 11.3 Å². The molecular weight excluding hydrogens is 771 g/mol. The van der Waals surface area contributed by atoms with E-state index in [2.05, 4.69) is 214 Å². The largest absolute Gasteiger partial charge is 0.296 e. The number of allylic oxidation sites excluding steroid dienone is 3. The molecule has 0 aliphatic carbocycles. The predicted molar refractivity (Wildman–Crippen MR) is 275 cm³/mol. The average Bonchev–Trinajstić information content (AvgIpc) is 3.72. The highest BCUT2D eigenvalue weighted by Gasteiger charge is 2.15. The Morgan fingerprint density at radius 2 is 1.26 bits per heavy atom. The van der Waals surface area contributed by atoms with E-state index in [9.17, 15) is 0 Å². The van der Waals surface area contributed by atoms with Crippen LogP contribution in [0.1, 0.15) is 29.2 Å². The molecule has 0 aliphatic rings. The molecular formula is C58H49N3S. The maximum absolute atomic E-state index is 4.86. The molecule has 1 heterocycles. The summed E-state index contributed by atoms with van der Waals surface area (Å²) < 4.78 is 2.59. The zero-order valence-corrected chi connectivity index (χ0v) is 36.0. The van der Waals surface area contributed by atoms with Gasteiger partial charge in [0.15, 0.2) is 5.84 Å². The molecule has 302 valence electrons. The van der Waals surface area contributed by atoms with Crippen LogP contribution in [0.4, 0.5) is 0 Å². The Labute approximate surface area is 370 Å². The van der Waals surface area contributed by atoms with E-state index in [1.54, 1.807) is 12.2 Å². The fraction of sp³-hybridized carbons (Fsp3) is 0.0517. The third-order valence-electron chi connectivity index (χ3n) is 10.6. The van der Waals surface area contributed by atoms with Gasteiger partial charge in [-0.25, -0.2) is 4.99 Å². The van der Waals surface area contributed by atoms with Crippen LogP contribution in [0.3, 0.4) is 0 Å². The van der Waals surface area contributed by atoms with E-state index in [-0.39, 0.29) is 0 Å². The van der Waals surface area contributed by atoms with Crippen LogP contribution < -0.4 is 0 Å². The van der Waals surface area contributed by atoms with Gasteiger partial charge in [0, 0.05) is 25.7 Å². The molecule has 1 aromatic heterocycles. The molecule has 0 spiro atoms. The van der Waals surface area contributed by atoms with Crippen molar-refractivity contribution in [2.45, 2.75) is 13.5 Å². The summed E-state index contributed by atoms with van der Waals surface area (Å²) >= 11 is 1.86.